The van der Waals surface area contributed by atoms with Crippen LogP contribution in [0.2, 0.25) is 0 Å². The van der Waals surface area contributed by atoms with Crippen molar-refractivity contribution in [2.24, 2.45) is 0 Å². The molecule has 0 aliphatic heterocycles. The summed E-state index contributed by atoms with van der Waals surface area (Å²) in [5.74, 6) is 0.680. The van der Waals surface area contributed by atoms with E-state index in [1.54, 1.807) is 0 Å². The summed E-state index contributed by atoms with van der Waals surface area (Å²) in [4.78, 5) is 14.0. The zero-order chi connectivity index (χ0) is 15.5. The number of rotatable bonds is 10. The number of carbonyl (C=O) groups is 1. The van der Waals surface area contributed by atoms with Gasteiger partial charge in [-0.15, -0.1) is 0 Å². The minimum Gasteiger partial charge on any atom is -0.484 e. The predicted octanol–water partition coefficient (Wildman–Crippen LogP) is 2.48. The largest absolute Gasteiger partial charge is 0.484 e. The maximum atomic E-state index is 11.7. The molecule has 0 unspecified atom stereocenters. The molecule has 1 aromatic carbocycles. The monoisotopic (exact) mass is 292 g/mol. The molecule has 1 amide bonds. The van der Waals surface area contributed by atoms with E-state index in [1.807, 2.05) is 24.3 Å². The third-order valence-corrected chi connectivity index (χ3v) is 3.57. The number of hydrogen-bond acceptors (Lipinski definition) is 3. The van der Waals surface area contributed by atoms with Gasteiger partial charge in [0.1, 0.15) is 5.75 Å². The highest BCUT2D eigenvalue weighted by atomic mass is 16.5. The van der Waals surface area contributed by atoms with Gasteiger partial charge in [0.2, 0.25) is 0 Å². The number of nitrogens with one attached hydrogen (secondary N) is 1. The third kappa shape index (κ3) is 7.14. The molecule has 1 rings (SSSR count). The highest BCUT2D eigenvalue weighted by molar-refractivity contribution is 5.77. The van der Waals surface area contributed by atoms with E-state index in [0.717, 1.165) is 38.2 Å². The van der Waals surface area contributed by atoms with Crippen LogP contribution in [0.25, 0.3) is 0 Å². The molecule has 1 aromatic rings. The van der Waals surface area contributed by atoms with E-state index < -0.39 is 0 Å². The van der Waals surface area contributed by atoms with Crippen LogP contribution in [0.15, 0.2) is 24.3 Å². The van der Waals surface area contributed by atoms with Gasteiger partial charge in [-0.25, -0.2) is 0 Å². The summed E-state index contributed by atoms with van der Waals surface area (Å²) in [6, 6.07) is 7.87. The first-order valence-corrected chi connectivity index (χ1v) is 7.90. The normalized spacial score (nSPS) is 10.7. The summed E-state index contributed by atoms with van der Waals surface area (Å²) >= 11 is 0. The molecule has 4 nitrogen and oxygen atoms in total. The molecular weight excluding hydrogens is 264 g/mol. The van der Waals surface area contributed by atoms with Crippen LogP contribution in [0.3, 0.4) is 0 Å². The Balaban J connectivity index is 2.15. The smallest absolute Gasteiger partial charge is 0.257 e. The van der Waals surface area contributed by atoms with Crippen LogP contribution in [-0.2, 0) is 11.2 Å². The molecule has 0 aliphatic rings. The van der Waals surface area contributed by atoms with E-state index in [4.69, 9.17) is 4.74 Å². The van der Waals surface area contributed by atoms with Crippen LogP contribution < -0.4 is 10.1 Å². The van der Waals surface area contributed by atoms with E-state index >= 15 is 0 Å². The van der Waals surface area contributed by atoms with Gasteiger partial charge < -0.3 is 15.0 Å². The summed E-state index contributed by atoms with van der Waals surface area (Å²) in [6.45, 7) is 10.3. The molecule has 118 valence electrons. The van der Waals surface area contributed by atoms with Crippen molar-refractivity contribution in [3.8, 4) is 5.75 Å². The number of amides is 1. The number of hydrogen-bond donors (Lipinski definition) is 1. The first kappa shape index (κ1) is 17.5. The second kappa shape index (κ2) is 10.2. The fourth-order valence-electron chi connectivity index (χ4n) is 2.09. The molecule has 0 radical (unpaired) electrons. The van der Waals surface area contributed by atoms with Crippen molar-refractivity contribution in [2.75, 3.05) is 32.8 Å². The quantitative estimate of drug-likeness (QED) is 0.674. The van der Waals surface area contributed by atoms with Gasteiger partial charge in [0.05, 0.1) is 0 Å². The van der Waals surface area contributed by atoms with Gasteiger partial charge in [-0.3, -0.25) is 4.79 Å². The van der Waals surface area contributed by atoms with Crippen molar-refractivity contribution in [1.82, 2.24) is 10.2 Å². The average Bonchev–Trinajstić information content (AvgIpc) is 2.53. The summed E-state index contributed by atoms with van der Waals surface area (Å²) < 4.78 is 5.47. The molecular formula is C17H28N2O2. The second-order valence-electron chi connectivity index (χ2n) is 5.02. The maximum absolute atomic E-state index is 11.7. The Morgan fingerprint density at radius 3 is 2.38 bits per heavy atom. The van der Waals surface area contributed by atoms with Crippen molar-refractivity contribution in [2.45, 2.75) is 33.6 Å². The molecule has 0 saturated carbocycles. The molecule has 0 saturated heterocycles. The first-order valence-electron chi connectivity index (χ1n) is 7.90. The Bertz CT molecular complexity index is 400. The number of ether oxygens (including phenoxy) is 1. The van der Waals surface area contributed by atoms with Crippen molar-refractivity contribution < 1.29 is 9.53 Å². The molecule has 4 heteroatoms. The number of carbonyl (C=O) groups excluding carboxylic acids is 1. The zero-order valence-electron chi connectivity index (χ0n) is 13.5. The standard InChI is InChI=1S/C17H28N2O2/c1-4-15-8-10-16(11-9-15)21-14-17(20)18-12-7-13-19(5-2)6-3/h8-11H,4-7,12-14H2,1-3H3,(H,18,20). The average molecular weight is 292 g/mol. The lowest BCUT2D eigenvalue weighted by molar-refractivity contribution is -0.123. The van der Waals surface area contributed by atoms with Gasteiger partial charge in [0, 0.05) is 6.54 Å². The molecule has 0 aromatic heterocycles. The zero-order valence-corrected chi connectivity index (χ0v) is 13.5. The van der Waals surface area contributed by atoms with E-state index in [9.17, 15) is 4.79 Å². The van der Waals surface area contributed by atoms with Crippen molar-refractivity contribution in [3.05, 3.63) is 29.8 Å². The van der Waals surface area contributed by atoms with Gasteiger partial charge in [0.15, 0.2) is 6.61 Å². The van der Waals surface area contributed by atoms with Crippen LogP contribution in [0, 0.1) is 0 Å². The van der Waals surface area contributed by atoms with Gasteiger partial charge in [0.25, 0.3) is 5.91 Å². The van der Waals surface area contributed by atoms with Crippen LogP contribution in [0.4, 0.5) is 0 Å². The minimum absolute atomic E-state index is 0.0610. The van der Waals surface area contributed by atoms with Crippen LogP contribution >= 0.6 is 0 Å². The molecule has 0 fully saturated rings. The van der Waals surface area contributed by atoms with Crippen LogP contribution in [0.5, 0.6) is 5.75 Å². The Kier molecular flexibility index (Phi) is 8.51. The third-order valence-electron chi connectivity index (χ3n) is 3.57. The highest BCUT2D eigenvalue weighted by Crippen LogP contribution is 2.12. The van der Waals surface area contributed by atoms with E-state index in [0.29, 0.717) is 6.54 Å². The van der Waals surface area contributed by atoms with Gasteiger partial charge in [-0.05, 0) is 50.2 Å². The maximum Gasteiger partial charge on any atom is 0.257 e. The van der Waals surface area contributed by atoms with Gasteiger partial charge in [-0.1, -0.05) is 32.9 Å². The summed E-state index contributed by atoms with van der Waals surface area (Å²) in [5.41, 5.74) is 1.27. The van der Waals surface area contributed by atoms with Crippen LogP contribution in [-0.4, -0.2) is 43.6 Å². The molecule has 0 atom stereocenters. The van der Waals surface area contributed by atoms with E-state index in [-0.39, 0.29) is 12.5 Å². The topological polar surface area (TPSA) is 41.6 Å². The molecule has 1 N–H and O–H groups in total. The lowest BCUT2D eigenvalue weighted by Gasteiger charge is -2.17. The van der Waals surface area contributed by atoms with E-state index in [1.165, 1.54) is 5.56 Å². The fraction of sp³-hybridized carbons (Fsp3) is 0.588. The van der Waals surface area contributed by atoms with Crippen LogP contribution in [0.1, 0.15) is 32.8 Å². The number of benzene rings is 1. The molecule has 21 heavy (non-hydrogen) atoms. The molecule has 0 heterocycles. The molecule has 0 spiro atoms. The summed E-state index contributed by atoms with van der Waals surface area (Å²) in [6.07, 6.45) is 1.98. The van der Waals surface area contributed by atoms with Crippen molar-refractivity contribution >= 4 is 5.91 Å². The summed E-state index contributed by atoms with van der Waals surface area (Å²) in [7, 11) is 0. The highest BCUT2D eigenvalue weighted by Gasteiger charge is 2.03. The van der Waals surface area contributed by atoms with E-state index in [2.05, 4.69) is 31.0 Å². The number of nitrogens with zero attached hydrogens (tertiary/aromatic N) is 1. The Morgan fingerprint density at radius 1 is 1.14 bits per heavy atom. The Labute approximate surface area is 128 Å². The second-order valence-corrected chi connectivity index (χ2v) is 5.02. The number of aryl methyl sites for hydroxylation is 1. The molecule has 0 aliphatic carbocycles. The van der Waals surface area contributed by atoms with Gasteiger partial charge >= 0.3 is 0 Å². The summed E-state index contributed by atoms with van der Waals surface area (Å²) in [5, 5.41) is 2.89. The predicted molar refractivity (Wildman–Crippen MR) is 86.7 cm³/mol. The minimum atomic E-state index is -0.0610. The first-order chi connectivity index (χ1) is 10.2. The van der Waals surface area contributed by atoms with Crippen molar-refractivity contribution in [3.63, 3.8) is 0 Å². The Hall–Kier alpha value is -1.55. The van der Waals surface area contributed by atoms with Crippen molar-refractivity contribution in [1.29, 1.82) is 0 Å². The lowest BCUT2D eigenvalue weighted by atomic mass is 10.2. The van der Waals surface area contributed by atoms with Gasteiger partial charge in [-0.2, -0.15) is 0 Å². The fourth-order valence-corrected chi connectivity index (χ4v) is 2.09. The Morgan fingerprint density at radius 2 is 1.81 bits per heavy atom. The SMILES string of the molecule is CCc1ccc(OCC(=O)NCCCN(CC)CC)cc1. The lowest BCUT2D eigenvalue weighted by Crippen LogP contribution is -2.32. The molecule has 0 bridgehead atoms.